The lowest BCUT2D eigenvalue weighted by molar-refractivity contribution is -0.148. The number of carbonyl (C=O) groups is 7. The summed E-state index contributed by atoms with van der Waals surface area (Å²) in [6.45, 7) is 16.3. The number of fused-ring (bicyclic) bond motifs is 1. The van der Waals surface area contributed by atoms with E-state index in [4.69, 9.17) is 29.4 Å². The van der Waals surface area contributed by atoms with Crippen molar-refractivity contribution in [1.29, 1.82) is 0 Å². The SMILES string of the molecule is CC[C@H](C)[C@@H]([C@@H](CC(=O)N1CCC[C@H]1[C@H](OC)[C@@H](C)C(=O)N[C@@H](Cc1c[nH]c2ccccc12)C(N)=O)OC)N(C)C(=O)[C@@H](NC(=O)[C@H](C(C)C)N(C)CCOCCOCCOCCN1C(=O)C=CC1=O)C(C)C. The van der Waals surface area contributed by atoms with Crippen LogP contribution in [0, 0.1) is 23.7 Å². The van der Waals surface area contributed by atoms with Gasteiger partial charge in [-0.15, -0.1) is 0 Å². The molecule has 2 aliphatic rings. The van der Waals surface area contributed by atoms with Gasteiger partial charge < -0.3 is 54.8 Å². The highest BCUT2D eigenvalue weighted by molar-refractivity contribution is 6.12. The number of H-pyrrole nitrogens is 1. The second-order valence-corrected chi connectivity index (χ2v) is 20.0. The summed E-state index contributed by atoms with van der Waals surface area (Å²) in [6.07, 6.45) is 5.00. The largest absolute Gasteiger partial charge is 0.379 e. The van der Waals surface area contributed by atoms with E-state index in [1.165, 1.54) is 26.4 Å². The monoisotopic (exact) mass is 1020 g/mol. The first-order valence-corrected chi connectivity index (χ1v) is 25.8. The van der Waals surface area contributed by atoms with Gasteiger partial charge in [0, 0.05) is 70.0 Å². The van der Waals surface area contributed by atoms with Crippen molar-refractivity contribution in [1.82, 2.24) is 35.2 Å². The number of aromatic nitrogens is 1. The Morgan fingerprint density at radius 3 is 2.05 bits per heavy atom. The van der Waals surface area contributed by atoms with Crippen LogP contribution in [0.5, 0.6) is 0 Å². The molecule has 1 aromatic carbocycles. The van der Waals surface area contributed by atoms with E-state index < -0.39 is 60.1 Å². The Balaban J connectivity index is 1.32. The van der Waals surface area contributed by atoms with Crippen LogP contribution in [0.4, 0.5) is 0 Å². The average molecular weight is 1030 g/mol. The van der Waals surface area contributed by atoms with Gasteiger partial charge in [0.05, 0.1) is 88.9 Å². The van der Waals surface area contributed by atoms with Crippen molar-refractivity contribution in [3.8, 4) is 0 Å². The molecule has 0 saturated carbocycles. The molecule has 3 heterocycles. The van der Waals surface area contributed by atoms with E-state index in [2.05, 4.69) is 15.6 Å². The molecule has 1 fully saturated rings. The van der Waals surface area contributed by atoms with Crippen LogP contribution in [0.15, 0.2) is 42.6 Å². The quantitative estimate of drug-likeness (QED) is 0.0595. The van der Waals surface area contributed by atoms with Gasteiger partial charge in [-0.1, -0.05) is 73.1 Å². The molecule has 2 aromatic rings. The smallest absolute Gasteiger partial charge is 0.253 e. The van der Waals surface area contributed by atoms with Crippen molar-refractivity contribution >= 4 is 52.3 Å². The molecule has 2 aliphatic heterocycles. The number of benzene rings is 1. The molecular formula is C53H84N8O12. The lowest BCUT2D eigenvalue weighted by Crippen LogP contribution is -2.60. The number of aromatic amines is 1. The zero-order valence-corrected chi connectivity index (χ0v) is 45.1. The molecule has 9 atom stereocenters. The number of likely N-dealkylation sites (tertiary alicyclic amines) is 1. The number of likely N-dealkylation sites (N-methyl/N-ethyl adjacent to an activating group) is 2. The number of primary amides is 1. The fourth-order valence-corrected chi connectivity index (χ4v) is 10.0. The Morgan fingerprint density at radius 2 is 1.47 bits per heavy atom. The summed E-state index contributed by atoms with van der Waals surface area (Å²) in [5, 5.41) is 6.86. The highest BCUT2D eigenvalue weighted by Gasteiger charge is 2.43. The number of rotatable bonds is 33. The summed E-state index contributed by atoms with van der Waals surface area (Å²) in [4.78, 5) is 103. The van der Waals surface area contributed by atoms with Gasteiger partial charge in [0.15, 0.2) is 0 Å². The van der Waals surface area contributed by atoms with E-state index in [1.54, 1.807) is 23.8 Å². The number of para-hydroxylation sites is 1. The Morgan fingerprint density at radius 1 is 0.836 bits per heavy atom. The maximum Gasteiger partial charge on any atom is 0.253 e. The zero-order chi connectivity index (χ0) is 53.9. The summed E-state index contributed by atoms with van der Waals surface area (Å²) in [7, 11) is 6.60. The molecule has 0 radical (unpaired) electrons. The number of carbonyl (C=O) groups excluding carboxylic acids is 7. The summed E-state index contributed by atoms with van der Waals surface area (Å²) >= 11 is 0. The van der Waals surface area contributed by atoms with Gasteiger partial charge in [0.2, 0.25) is 29.5 Å². The number of nitrogens with two attached hydrogens (primary N) is 1. The van der Waals surface area contributed by atoms with Crippen molar-refractivity contribution in [3.05, 3.63) is 48.2 Å². The molecule has 7 amide bonds. The minimum absolute atomic E-state index is 0.0438. The number of hydrogen-bond donors (Lipinski definition) is 4. The number of methoxy groups -OCH3 is 2. The van der Waals surface area contributed by atoms with Crippen LogP contribution in [-0.4, -0.2) is 196 Å². The molecule has 0 unspecified atom stereocenters. The topological polar surface area (TPSA) is 244 Å². The highest BCUT2D eigenvalue weighted by atomic mass is 16.5. The Hall–Kier alpha value is -5.25. The number of nitrogens with one attached hydrogen (secondary N) is 3. The molecule has 0 aliphatic carbocycles. The molecule has 1 saturated heterocycles. The maximum absolute atomic E-state index is 14.6. The Kier molecular flexibility index (Phi) is 24.4. The van der Waals surface area contributed by atoms with Crippen molar-refractivity contribution in [3.63, 3.8) is 0 Å². The van der Waals surface area contributed by atoms with Gasteiger partial charge in [-0.25, -0.2) is 0 Å². The normalized spacial score (nSPS) is 18.3. The van der Waals surface area contributed by atoms with Crippen LogP contribution in [0.25, 0.3) is 10.9 Å². The predicted octanol–water partition coefficient (Wildman–Crippen LogP) is 2.67. The van der Waals surface area contributed by atoms with E-state index in [9.17, 15) is 33.6 Å². The maximum atomic E-state index is 14.6. The first-order chi connectivity index (χ1) is 34.8. The van der Waals surface area contributed by atoms with Crippen molar-refractivity contribution in [2.24, 2.45) is 29.4 Å². The molecule has 0 spiro atoms. The van der Waals surface area contributed by atoms with E-state index >= 15 is 0 Å². The van der Waals surface area contributed by atoms with Crippen LogP contribution >= 0.6 is 0 Å². The zero-order valence-electron chi connectivity index (χ0n) is 45.1. The molecule has 408 valence electrons. The predicted molar refractivity (Wildman–Crippen MR) is 276 cm³/mol. The van der Waals surface area contributed by atoms with Crippen molar-refractivity contribution in [2.75, 3.05) is 87.6 Å². The standard InChI is InChI=1S/C53H84N8O12/c1-12-35(6)48(42(69-10)31-45(64)60-21-15-18-41(60)49(70-11)36(7)51(66)56-40(50(54)65)30-37-32-55-39-17-14-13-16-38(37)39)59(9)53(68)46(33(2)3)57-52(67)47(34(4)5)58(8)22-24-71-26-28-73-29-27-72-25-23-61-43(62)19-20-44(61)63/h13-14,16-17,19-20,32-36,40-42,46-49,55H,12,15,18,21-31H2,1-11H3,(H2,54,65)(H,56,66)(H,57,67)/t35-,36+,40-,41-,42+,46-,47-,48-,49+/m0/s1. The molecule has 5 N–H and O–H groups in total. The fraction of sp³-hybridized carbons (Fsp3) is 0.679. The Labute approximate surface area is 431 Å². The third kappa shape index (κ3) is 16.6. The van der Waals surface area contributed by atoms with Crippen LogP contribution < -0.4 is 16.4 Å². The molecule has 20 nitrogen and oxygen atoms in total. The fourth-order valence-electron chi connectivity index (χ4n) is 10.0. The number of imide groups is 1. The molecular weight excluding hydrogens is 941 g/mol. The second kappa shape index (κ2) is 29.6. The van der Waals surface area contributed by atoms with Crippen LogP contribution in [0.3, 0.4) is 0 Å². The van der Waals surface area contributed by atoms with Crippen LogP contribution in [0.1, 0.15) is 79.7 Å². The number of nitrogens with zero attached hydrogens (tertiary/aromatic N) is 4. The third-order valence-electron chi connectivity index (χ3n) is 14.3. The van der Waals surface area contributed by atoms with E-state index in [-0.39, 0.29) is 73.3 Å². The first kappa shape index (κ1) is 60.3. The number of ether oxygens (including phenoxy) is 5. The second-order valence-electron chi connectivity index (χ2n) is 20.0. The average Bonchev–Trinajstić information content (AvgIpc) is 4.10. The van der Waals surface area contributed by atoms with Gasteiger partial charge >= 0.3 is 0 Å². The summed E-state index contributed by atoms with van der Waals surface area (Å²) in [5.74, 6) is -3.79. The highest BCUT2D eigenvalue weighted by Crippen LogP contribution is 2.30. The lowest BCUT2D eigenvalue weighted by Gasteiger charge is -2.41. The third-order valence-corrected chi connectivity index (χ3v) is 14.3. The minimum atomic E-state index is -0.974. The van der Waals surface area contributed by atoms with Gasteiger partial charge in [-0.2, -0.15) is 0 Å². The van der Waals surface area contributed by atoms with Gasteiger partial charge in [0.1, 0.15) is 12.1 Å². The lowest BCUT2D eigenvalue weighted by atomic mass is 9.89. The van der Waals surface area contributed by atoms with Crippen molar-refractivity contribution in [2.45, 2.75) is 123 Å². The van der Waals surface area contributed by atoms with E-state index in [1.807, 2.05) is 84.0 Å². The number of amides is 7. The van der Waals surface area contributed by atoms with E-state index in [0.29, 0.717) is 65.4 Å². The summed E-state index contributed by atoms with van der Waals surface area (Å²) in [6, 6.07) is 4.28. The molecule has 1 aromatic heterocycles. The first-order valence-electron chi connectivity index (χ1n) is 25.8. The number of hydrogen-bond acceptors (Lipinski definition) is 13. The summed E-state index contributed by atoms with van der Waals surface area (Å²) in [5.41, 5.74) is 7.56. The summed E-state index contributed by atoms with van der Waals surface area (Å²) < 4.78 is 28.9. The molecule has 20 heteroatoms. The Bertz CT molecular complexity index is 2150. The van der Waals surface area contributed by atoms with Gasteiger partial charge in [-0.3, -0.25) is 43.4 Å². The van der Waals surface area contributed by atoms with Gasteiger partial charge in [0.25, 0.3) is 11.8 Å². The van der Waals surface area contributed by atoms with E-state index in [0.717, 1.165) is 21.4 Å². The van der Waals surface area contributed by atoms with Gasteiger partial charge in [-0.05, 0) is 49.3 Å². The van der Waals surface area contributed by atoms with Crippen molar-refractivity contribution < 1.29 is 57.2 Å². The minimum Gasteiger partial charge on any atom is -0.379 e. The van der Waals surface area contributed by atoms with Crippen LogP contribution in [-0.2, 0) is 63.7 Å². The molecule has 4 rings (SSSR count). The molecule has 0 bridgehead atoms. The van der Waals surface area contributed by atoms with Crippen LogP contribution in [0.2, 0.25) is 0 Å². The molecule has 73 heavy (non-hydrogen) atoms.